The minimum Gasteiger partial charge on any atom is -0.0825 e. The van der Waals surface area contributed by atoms with Crippen molar-refractivity contribution in [2.45, 2.75) is 45.2 Å². The van der Waals surface area contributed by atoms with Crippen LogP contribution in [-0.4, -0.2) is 11.1 Å². The van der Waals surface area contributed by atoms with E-state index in [0.717, 1.165) is 0 Å². The van der Waals surface area contributed by atoms with Crippen molar-refractivity contribution in [2.75, 3.05) is 0 Å². The Balaban J connectivity index is 2.59. The van der Waals surface area contributed by atoms with Crippen LogP contribution in [0.3, 0.4) is 0 Å². The van der Waals surface area contributed by atoms with Gasteiger partial charge in [0.1, 0.15) is 0 Å². The molecule has 0 aromatic carbocycles. The van der Waals surface area contributed by atoms with Gasteiger partial charge < -0.3 is 0 Å². The molecule has 6 nitrogen and oxygen atoms in total. The molecule has 0 radical (unpaired) electrons. The van der Waals surface area contributed by atoms with Crippen LogP contribution in [0, 0.1) is 23.7 Å². The van der Waals surface area contributed by atoms with Crippen LogP contribution in [-0.2, 0) is 0 Å². The van der Waals surface area contributed by atoms with Gasteiger partial charge in [-0.3, -0.25) is 0 Å². The van der Waals surface area contributed by atoms with Gasteiger partial charge in [-0.25, -0.2) is 0 Å². The average molecular weight is 338 g/mol. The van der Waals surface area contributed by atoms with Crippen LogP contribution in [0.25, 0.3) is 20.9 Å². The smallest absolute Gasteiger partial charge is 0.0745 e. The van der Waals surface area contributed by atoms with E-state index in [-0.39, 0.29) is 23.7 Å². The van der Waals surface area contributed by atoms with Gasteiger partial charge in [0, 0.05) is 9.82 Å². The third kappa shape index (κ3) is 3.65. The predicted octanol–water partition coefficient (Wildman–Crippen LogP) is 6.27. The van der Waals surface area contributed by atoms with Gasteiger partial charge in [0.25, 0.3) is 0 Å². The molecule has 0 bridgehead atoms. The first kappa shape index (κ1) is 18.9. The van der Waals surface area contributed by atoms with E-state index in [1.807, 2.05) is 36.5 Å². The Labute approximate surface area is 149 Å². The van der Waals surface area contributed by atoms with Crippen LogP contribution in [0.4, 0.5) is 0 Å². The fraction of sp³-hybridized carbons (Fsp3) is 0.579. The van der Waals surface area contributed by atoms with Gasteiger partial charge in [0.05, 0.1) is 11.1 Å². The van der Waals surface area contributed by atoms with Gasteiger partial charge in [-0.1, -0.05) is 86.5 Å². The van der Waals surface area contributed by atoms with Gasteiger partial charge in [-0.05, 0) is 41.2 Å². The van der Waals surface area contributed by atoms with Gasteiger partial charge in [-0.2, -0.15) is 0 Å². The fourth-order valence-electron chi connectivity index (χ4n) is 4.21. The molecule has 0 spiro atoms. The lowest BCUT2D eigenvalue weighted by atomic mass is 9.63. The quantitative estimate of drug-likeness (QED) is 0.310. The Kier molecular flexibility index (Phi) is 5.78. The van der Waals surface area contributed by atoms with Crippen molar-refractivity contribution in [1.29, 1.82) is 0 Å². The van der Waals surface area contributed by atoms with Crippen molar-refractivity contribution in [2.24, 2.45) is 33.9 Å². The third-order valence-corrected chi connectivity index (χ3v) is 5.25. The second kappa shape index (κ2) is 7.64. The summed E-state index contributed by atoms with van der Waals surface area (Å²) in [5, 5.41) is 8.47. The first-order chi connectivity index (χ1) is 11.9. The van der Waals surface area contributed by atoms with E-state index in [9.17, 15) is 11.1 Å². The molecule has 0 saturated heterocycles. The van der Waals surface area contributed by atoms with E-state index in [1.165, 1.54) is 0 Å². The van der Waals surface area contributed by atoms with Crippen LogP contribution >= 0.6 is 0 Å². The normalized spacial score (nSPS) is 33.4. The molecule has 0 N–H and O–H groups in total. The summed E-state index contributed by atoms with van der Waals surface area (Å²) in [6.07, 6.45) is 16.4. The summed E-state index contributed by atoms with van der Waals surface area (Å²) in [6.45, 7) is 8.47. The summed E-state index contributed by atoms with van der Waals surface area (Å²) < 4.78 is 0. The standard InChI is InChI=1S/C19H26N6/c1-14(2)16-9-5-7-11-18(16,22-24-20)13-19(23-25-21)12-8-6-10-17(19)15(3)4/h5-12,14-17H,13H2,1-4H3. The topological polar surface area (TPSA) is 97.5 Å². The van der Waals surface area contributed by atoms with Gasteiger partial charge >= 0.3 is 0 Å². The number of hydrogen-bond donors (Lipinski definition) is 0. The van der Waals surface area contributed by atoms with Crippen molar-refractivity contribution in [3.63, 3.8) is 0 Å². The molecule has 25 heavy (non-hydrogen) atoms. The van der Waals surface area contributed by atoms with E-state index in [0.29, 0.717) is 6.42 Å². The molecule has 0 amide bonds. The van der Waals surface area contributed by atoms with Crippen LogP contribution in [0.1, 0.15) is 34.1 Å². The maximum atomic E-state index is 9.27. The van der Waals surface area contributed by atoms with E-state index >= 15 is 0 Å². The SMILES string of the molecule is CC(C)C1C=CC=CC1(CC1(N=[N+]=[N-])C=CC=CC1C(C)C)N=[N+]=[N-]. The Morgan fingerprint density at radius 1 is 0.800 bits per heavy atom. The van der Waals surface area contributed by atoms with E-state index < -0.39 is 11.1 Å². The number of azide groups is 2. The molecule has 0 aliphatic heterocycles. The molecule has 0 fully saturated rings. The third-order valence-electron chi connectivity index (χ3n) is 5.25. The molecular formula is C19H26N6. The summed E-state index contributed by atoms with van der Waals surface area (Å²) in [6, 6.07) is 0. The Morgan fingerprint density at radius 2 is 1.20 bits per heavy atom. The summed E-state index contributed by atoms with van der Waals surface area (Å²) in [7, 11) is 0. The summed E-state index contributed by atoms with van der Waals surface area (Å²) in [5.41, 5.74) is 17.0. The maximum Gasteiger partial charge on any atom is 0.0745 e. The lowest BCUT2D eigenvalue weighted by molar-refractivity contribution is 0.203. The number of hydrogen-bond acceptors (Lipinski definition) is 2. The summed E-state index contributed by atoms with van der Waals surface area (Å²) in [4.78, 5) is 6.31. The number of allylic oxidation sites excluding steroid dienone is 4. The summed E-state index contributed by atoms with van der Waals surface area (Å²) in [5.74, 6) is 0.670. The molecule has 2 aliphatic rings. The van der Waals surface area contributed by atoms with Crippen molar-refractivity contribution >= 4 is 0 Å². The van der Waals surface area contributed by atoms with Crippen molar-refractivity contribution in [1.82, 2.24) is 0 Å². The van der Waals surface area contributed by atoms with E-state index in [1.54, 1.807) is 0 Å². The molecule has 0 aromatic heterocycles. The zero-order valence-electron chi connectivity index (χ0n) is 15.3. The molecule has 0 heterocycles. The maximum absolute atomic E-state index is 9.27. The Bertz CT molecular complexity index is 643. The second-order valence-corrected chi connectivity index (χ2v) is 7.57. The first-order valence-electron chi connectivity index (χ1n) is 8.75. The number of nitrogens with zero attached hydrogens (tertiary/aromatic N) is 6. The molecule has 0 aromatic rings. The lowest BCUT2D eigenvalue weighted by Crippen LogP contribution is -2.48. The fourth-order valence-corrected chi connectivity index (χ4v) is 4.21. The van der Waals surface area contributed by atoms with Crippen molar-refractivity contribution in [3.8, 4) is 0 Å². The minimum atomic E-state index is -0.755. The molecule has 4 atom stereocenters. The predicted molar refractivity (Wildman–Crippen MR) is 102 cm³/mol. The van der Waals surface area contributed by atoms with Crippen molar-refractivity contribution < 1.29 is 0 Å². The molecule has 0 saturated carbocycles. The van der Waals surface area contributed by atoms with Crippen LogP contribution in [0.5, 0.6) is 0 Å². The Hall–Kier alpha value is -2.42. The lowest BCUT2D eigenvalue weighted by Gasteiger charge is -2.46. The highest BCUT2D eigenvalue weighted by Crippen LogP contribution is 2.47. The second-order valence-electron chi connectivity index (χ2n) is 7.57. The van der Waals surface area contributed by atoms with Gasteiger partial charge in [-0.15, -0.1) is 0 Å². The first-order valence-corrected chi connectivity index (χ1v) is 8.75. The monoisotopic (exact) mass is 338 g/mol. The molecule has 2 aliphatic carbocycles. The van der Waals surface area contributed by atoms with Crippen LogP contribution in [0.15, 0.2) is 58.8 Å². The summed E-state index contributed by atoms with van der Waals surface area (Å²) >= 11 is 0. The zero-order valence-corrected chi connectivity index (χ0v) is 15.3. The van der Waals surface area contributed by atoms with E-state index in [2.05, 4.69) is 59.9 Å². The van der Waals surface area contributed by atoms with Crippen LogP contribution < -0.4 is 0 Å². The van der Waals surface area contributed by atoms with Gasteiger partial charge in [0.2, 0.25) is 0 Å². The highest BCUT2D eigenvalue weighted by atomic mass is 15.2. The Morgan fingerprint density at radius 3 is 1.52 bits per heavy atom. The zero-order chi connectivity index (χ0) is 18.5. The molecule has 6 heteroatoms. The van der Waals surface area contributed by atoms with Crippen LogP contribution in [0.2, 0.25) is 0 Å². The van der Waals surface area contributed by atoms with E-state index in [4.69, 9.17) is 0 Å². The number of rotatable bonds is 6. The molecule has 2 rings (SSSR count). The highest BCUT2D eigenvalue weighted by Gasteiger charge is 2.47. The molecular weight excluding hydrogens is 312 g/mol. The average Bonchev–Trinajstić information content (AvgIpc) is 2.55. The van der Waals surface area contributed by atoms with Crippen molar-refractivity contribution in [3.05, 3.63) is 69.5 Å². The molecule has 4 unspecified atom stereocenters. The minimum absolute atomic E-state index is 0.0475. The largest absolute Gasteiger partial charge is 0.0825 e. The highest BCUT2D eigenvalue weighted by molar-refractivity contribution is 5.32. The molecule has 132 valence electrons. The van der Waals surface area contributed by atoms with Gasteiger partial charge in [0.15, 0.2) is 0 Å².